The van der Waals surface area contributed by atoms with Crippen LogP contribution in [0.15, 0.2) is 18.2 Å². The standard InChI is InChI=1S/C19H31NO/c1-4-12-20-18(16-8-6-5-7-9-16)14-17-13-15(2)10-11-19(17)21-3/h10-11,13,16,18,20H,4-9,12,14H2,1-3H3. The molecule has 1 N–H and O–H groups in total. The van der Waals surface area contributed by atoms with Crippen molar-refractivity contribution in [2.75, 3.05) is 13.7 Å². The molecule has 0 aromatic heterocycles. The summed E-state index contributed by atoms with van der Waals surface area (Å²) in [6.45, 7) is 5.53. The molecule has 118 valence electrons. The third kappa shape index (κ3) is 4.74. The molecule has 0 radical (unpaired) electrons. The first-order valence-electron chi connectivity index (χ1n) is 8.61. The van der Waals surface area contributed by atoms with Gasteiger partial charge in [-0.05, 0) is 56.7 Å². The highest BCUT2D eigenvalue weighted by atomic mass is 16.5. The van der Waals surface area contributed by atoms with Crippen LogP contribution in [-0.2, 0) is 6.42 Å². The van der Waals surface area contributed by atoms with Gasteiger partial charge in [-0.3, -0.25) is 0 Å². The fourth-order valence-electron chi connectivity index (χ4n) is 3.58. The van der Waals surface area contributed by atoms with Gasteiger partial charge in [0, 0.05) is 6.04 Å². The maximum Gasteiger partial charge on any atom is 0.122 e. The predicted octanol–water partition coefficient (Wildman–Crippen LogP) is 4.49. The van der Waals surface area contributed by atoms with Gasteiger partial charge >= 0.3 is 0 Å². The van der Waals surface area contributed by atoms with Gasteiger partial charge in [0.1, 0.15) is 5.75 Å². The molecule has 0 heterocycles. The van der Waals surface area contributed by atoms with Crippen molar-refractivity contribution in [2.45, 2.75) is 64.8 Å². The van der Waals surface area contributed by atoms with Gasteiger partial charge in [0.25, 0.3) is 0 Å². The highest BCUT2D eigenvalue weighted by molar-refractivity contribution is 5.37. The van der Waals surface area contributed by atoms with Crippen LogP contribution in [0.1, 0.15) is 56.6 Å². The van der Waals surface area contributed by atoms with E-state index in [-0.39, 0.29) is 0 Å². The van der Waals surface area contributed by atoms with Gasteiger partial charge in [-0.25, -0.2) is 0 Å². The topological polar surface area (TPSA) is 21.3 Å². The van der Waals surface area contributed by atoms with Gasteiger partial charge in [-0.2, -0.15) is 0 Å². The third-order valence-corrected chi connectivity index (χ3v) is 4.75. The summed E-state index contributed by atoms with van der Waals surface area (Å²) in [5.41, 5.74) is 2.68. The van der Waals surface area contributed by atoms with E-state index in [0.717, 1.165) is 24.6 Å². The summed E-state index contributed by atoms with van der Waals surface area (Å²) < 4.78 is 5.57. The molecule has 1 unspecified atom stereocenters. The van der Waals surface area contributed by atoms with E-state index in [1.807, 2.05) is 0 Å². The minimum atomic E-state index is 0.598. The molecule has 1 saturated carbocycles. The van der Waals surface area contributed by atoms with Crippen LogP contribution < -0.4 is 10.1 Å². The fraction of sp³-hybridized carbons (Fsp3) is 0.684. The van der Waals surface area contributed by atoms with E-state index in [0.29, 0.717) is 6.04 Å². The Hall–Kier alpha value is -1.02. The highest BCUT2D eigenvalue weighted by Gasteiger charge is 2.24. The van der Waals surface area contributed by atoms with E-state index in [9.17, 15) is 0 Å². The second-order valence-corrected chi connectivity index (χ2v) is 6.48. The monoisotopic (exact) mass is 289 g/mol. The molecule has 0 aliphatic heterocycles. The zero-order chi connectivity index (χ0) is 15.1. The predicted molar refractivity (Wildman–Crippen MR) is 90.1 cm³/mol. The smallest absolute Gasteiger partial charge is 0.122 e. The van der Waals surface area contributed by atoms with Crippen LogP contribution in [-0.4, -0.2) is 19.7 Å². The minimum absolute atomic E-state index is 0.598. The van der Waals surface area contributed by atoms with Crippen LogP contribution >= 0.6 is 0 Å². The molecular weight excluding hydrogens is 258 g/mol. The summed E-state index contributed by atoms with van der Waals surface area (Å²) in [5.74, 6) is 1.87. The van der Waals surface area contributed by atoms with Gasteiger partial charge in [-0.15, -0.1) is 0 Å². The average Bonchev–Trinajstić information content (AvgIpc) is 2.52. The lowest BCUT2D eigenvalue weighted by atomic mass is 9.81. The molecule has 1 aliphatic rings. The normalized spacial score (nSPS) is 17.7. The Morgan fingerprint density at radius 3 is 2.67 bits per heavy atom. The molecule has 2 nitrogen and oxygen atoms in total. The van der Waals surface area contributed by atoms with Crippen molar-refractivity contribution in [2.24, 2.45) is 5.92 Å². The van der Waals surface area contributed by atoms with E-state index < -0.39 is 0 Å². The summed E-state index contributed by atoms with van der Waals surface area (Å²) in [6, 6.07) is 7.14. The van der Waals surface area contributed by atoms with Gasteiger partial charge in [0.2, 0.25) is 0 Å². The number of methoxy groups -OCH3 is 1. The first-order chi connectivity index (χ1) is 10.2. The lowest BCUT2D eigenvalue weighted by Gasteiger charge is -2.31. The molecule has 0 saturated heterocycles. The van der Waals surface area contributed by atoms with E-state index >= 15 is 0 Å². The molecule has 1 aromatic carbocycles. The van der Waals surface area contributed by atoms with E-state index in [1.54, 1.807) is 7.11 Å². The fourth-order valence-corrected chi connectivity index (χ4v) is 3.58. The summed E-state index contributed by atoms with van der Waals surface area (Å²) in [6.07, 6.45) is 9.29. The first-order valence-corrected chi connectivity index (χ1v) is 8.61. The van der Waals surface area contributed by atoms with Crippen molar-refractivity contribution >= 4 is 0 Å². The second kappa shape index (κ2) is 8.43. The number of hydrogen-bond acceptors (Lipinski definition) is 2. The first kappa shape index (κ1) is 16.4. The van der Waals surface area contributed by atoms with Crippen LogP contribution in [0.2, 0.25) is 0 Å². The molecule has 1 atom stereocenters. The van der Waals surface area contributed by atoms with Crippen LogP contribution in [0, 0.1) is 12.8 Å². The quantitative estimate of drug-likeness (QED) is 0.798. The van der Waals surface area contributed by atoms with Crippen molar-refractivity contribution in [1.29, 1.82) is 0 Å². The van der Waals surface area contributed by atoms with Gasteiger partial charge in [0.05, 0.1) is 7.11 Å². The average molecular weight is 289 g/mol. The summed E-state index contributed by atoms with van der Waals surface area (Å²) in [5, 5.41) is 3.80. The molecule has 1 fully saturated rings. The molecule has 0 spiro atoms. The van der Waals surface area contributed by atoms with Crippen molar-refractivity contribution < 1.29 is 4.74 Å². The molecule has 21 heavy (non-hydrogen) atoms. The van der Waals surface area contributed by atoms with Crippen molar-refractivity contribution in [1.82, 2.24) is 5.32 Å². The molecule has 0 bridgehead atoms. The summed E-state index contributed by atoms with van der Waals surface area (Å²) in [7, 11) is 1.78. The summed E-state index contributed by atoms with van der Waals surface area (Å²) >= 11 is 0. The number of nitrogens with one attached hydrogen (secondary N) is 1. The lowest BCUT2D eigenvalue weighted by Crippen LogP contribution is -2.39. The van der Waals surface area contributed by atoms with Crippen molar-refractivity contribution in [3.05, 3.63) is 29.3 Å². The SMILES string of the molecule is CCCNC(Cc1cc(C)ccc1OC)C1CCCCC1. The summed E-state index contributed by atoms with van der Waals surface area (Å²) in [4.78, 5) is 0. The maximum atomic E-state index is 5.57. The number of ether oxygens (including phenoxy) is 1. The molecule has 0 amide bonds. The Morgan fingerprint density at radius 1 is 1.24 bits per heavy atom. The molecule has 1 aliphatic carbocycles. The molecule has 1 aromatic rings. The molecule has 2 rings (SSSR count). The van der Waals surface area contributed by atoms with Gasteiger partial charge < -0.3 is 10.1 Å². The lowest BCUT2D eigenvalue weighted by molar-refractivity contribution is 0.265. The van der Waals surface area contributed by atoms with Crippen molar-refractivity contribution in [3.63, 3.8) is 0 Å². The van der Waals surface area contributed by atoms with Crippen LogP contribution in [0.3, 0.4) is 0 Å². The highest BCUT2D eigenvalue weighted by Crippen LogP contribution is 2.30. The zero-order valence-electron chi connectivity index (χ0n) is 14.0. The van der Waals surface area contributed by atoms with Gasteiger partial charge in [-0.1, -0.05) is 43.9 Å². The Balaban J connectivity index is 2.11. The molecule has 2 heteroatoms. The Kier molecular flexibility index (Phi) is 6.56. The Labute approximate surface area is 130 Å². The van der Waals surface area contributed by atoms with Crippen LogP contribution in [0.4, 0.5) is 0 Å². The van der Waals surface area contributed by atoms with Crippen LogP contribution in [0.5, 0.6) is 5.75 Å². The third-order valence-electron chi connectivity index (χ3n) is 4.75. The second-order valence-electron chi connectivity index (χ2n) is 6.48. The van der Waals surface area contributed by atoms with Crippen molar-refractivity contribution in [3.8, 4) is 5.75 Å². The number of rotatable bonds is 7. The number of hydrogen-bond donors (Lipinski definition) is 1. The minimum Gasteiger partial charge on any atom is -0.496 e. The number of aryl methyl sites for hydroxylation is 1. The Bertz CT molecular complexity index is 424. The number of benzene rings is 1. The largest absolute Gasteiger partial charge is 0.496 e. The van der Waals surface area contributed by atoms with E-state index in [2.05, 4.69) is 37.4 Å². The van der Waals surface area contributed by atoms with E-state index in [1.165, 1.54) is 49.7 Å². The maximum absolute atomic E-state index is 5.57. The van der Waals surface area contributed by atoms with Gasteiger partial charge in [0.15, 0.2) is 0 Å². The zero-order valence-corrected chi connectivity index (χ0v) is 14.0. The molecular formula is C19H31NO. The van der Waals surface area contributed by atoms with E-state index in [4.69, 9.17) is 4.74 Å². The Morgan fingerprint density at radius 2 is 2.00 bits per heavy atom. The van der Waals surface area contributed by atoms with Crippen LogP contribution in [0.25, 0.3) is 0 Å².